The van der Waals surface area contributed by atoms with Gasteiger partial charge in [-0.2, -0.15) is 13.2 Å². The molecule has 0 unspecified atom stereocenters. The van der Waals surface area contributed by atoms with E-state index in [-0.39, 0.29) is 11.3 Å². The highest BCUT2D eigenvalue weighted by molar-refractivity contribution is 6.04. The minimum absolute atomic E-state index is 0.0413. The van der Waals surface area contributed by atoms with Crippen LogP contribution in [0.4, 0.5) is 24.5 Å². The number of carbonyl (C=O) groups excluding carboxylic acids is 1. The van der Waals surface area contributed by atoms with Gasteiger partial charge in [0.25, 0.3) is 11.6 Å². The van der Waals surface area contributed by atoms with Gasteiger partial charge in [-0.1, -0.05) is 12.1 Å². The molecule has 0 saturated heterocycles. The summed E-state index contributed by atoms with van der Waals surface area (Å²) in [7, 11) is 0. The number of nitrogens with one attached hydrogen (secondary N) is 1. The van der Waals surface area contributed by atoms with Gasteiger partial charge in [-0.25, -0.2) is 0 Å². The van der Waals surface area contributed by atoms with Gasteiger partial charge in [-0.3, -0.25) is 14.9 Å². The molecule has 0 aliphatic heterocycles. The number of nitro groups is 1. The highest BCUT2D eigenvalue weighted by Crippen LogP contribution is 2.31. The first-order chi connectivity index (χ1) is 13.6. The molecule has 0 heterocycles. The summed E-state index contributed by atoms with van der Waals surface area (Å²) in [6.07, 6.45) is -4.54. The van der Waals surface area contributed by atoms with Crippen LogP contribution in [0, 0.1) is 17.0 Å². The molecule has 3 rings (SSSR count). The average molecular weight is 400 g/mol. The fourth-order valence-corrected chi connectivity index (χ4v) is 2.81. The van der Waals surface area contributed by atoms with Crippen molar-refractivity contribution >= 4 is 17.3 Å². The molecule has 0 bridgehead atoms. The zero-order valence-electron chi connectivity index (χ0n) is 15.2. The Morgan fingerprint density at radius 3 is 2.31 bits per heavy atom. The summed E-state index contributed by atoms with van der Waals surface area (Å²) in [5, 5.41) is 13.4. The van der Waals surface area contributed by atoms with Crippen LogP contribution in [0.2, 0.25) is 0 Å². The number of alkyl halides is 3. The van der Waals surface area contributed by atoms with E-state index in [1.807, 2.05) is 6.92 Å². The van der Waals surface area contributed by atoms with E-state index in [0.29, 0.717) is 11.3 Å². The van der Waals surface area contributed by atoms with Crippen LogP contribution in [0.5, 0.6) is 0 Å². The fourth-order valence-electron chi connectivity index (χ4n) is 2.81. The van der Waals surface area contributed by atoms with Crippen LogP contribution in [0.15, 0.2) is 66.7 Å². The number of hydrogen-bond donors (Lipinski definition) is 1. The molecule has 0 radical (unpaired) electrons. The SMILES string of the molecule is Cc1ccc(NC(=O)c2cccc(C(F)(F)F)c2)cc1-c1ccc([N+](=O)[O-])cc1. The van der Waals surface area contributed by atoms with Gasteiger partial charge in [0, 0.05) is 23.4 Å². The zero-order valence-corrected chi connectivity index (χ0v) is 15.2. The maximum Gasteiger partial charge on any atom is 0.416 e. The molecular formula is C21H15F3N2O3. The molecule has 1 amide bonds. The minimum atomic E-state index is -4.54. The van der Waals surface area contributed by atoms with Crippen molar-refractivity contribution in [2.75, 3.05) is 5.32 Å². The summed E-state index contributed by atoms with van der Waals surface area (Å²) in [4.78, 5) is 22.7. The Morgan fingerprint density at radius 2 is 1.69 bits per heavy atom. The van der Waals surface area contributed by atoms with Crippen LogP contribution in [-0.4, -0.2) is 10.8 Å². The lowest BCUT2D eigenvalue weighted by Gasteiger charge is -2.12. The summed E-state index contributed by atoms with van der Waals surface area (Å²) in [5.74, 6) is -0.672. The number of rotatable bonds is 4. The van der Waals surface area contributed by atoms with E-state index in [1.54, 1.807) is 30.3 Å². The Balaban J connectivity index is 1.86. The van der Waals surface area contributed by atoms with E-state index in [1.165, 1.54) is 24.3 Å². The third-order valence-corrected chi connectivity index (χ3v) is 4.34. The summed E-state index contributed by atoms with van der Waals surface area (Å²) < 4.78 is 38.5. The molecule has 148 valence electrons. The molecule has 5 nitrogen and oxygen atoms in total. The van der Waals surface area contributed by atoms with E-state index in [4.69, 9.17) is 0 Å². The summed E-state index contributed by atoms with van der Waals surface area (Å²) >= 11 is 0. The maximum absolute atomic E-state index is 12.8. The van der Waals surface area contributed by atoms with Gasteiger partial charge in [0.1, 0.15) is 0 Å². The lowest BCUT2D eigenvalue weighted by Crippen LogP contribution is -2.14. The normalized spacial score (nSPS) is 11.2. The van der Waals surface area contributed by atoms with Gasteiger partial charge >= 0.3 is 6.18 Å². The minimum Gasteiger partial charge on any atom is -0.322 e. The van der Waals surface area contributed by atoms with E-state index in [0.717, 1.165) is 23.3 Å². The van der Waals surface area contributed by atoms with Gasteiger partial charge in [-0.05, 0) is 66.1 Å². The van der Waals surface area contributed by atoms with Gasteiger partial charge in [-0.15, -0.1) is 0 Å². The molecule has 0 atom stereocenters. The number of aryl methyl sites for hydroxylation is 1. The van der Waals surface area contributed by atoms with Crippen molar-refractivity contribution in [2.45, 2.75) is 13.1 Å². The van der Waals surface area contributed by atoms with Crippen molar-refractivity contribution in [1.29, 1.82) is 0 Å². The van der Waals surface area contributed by atoms with Gasteiger partial charge in [0.2, 0.25) is 0 Å². The summed E-state index contributed by atoms with van der Waals surface area (Å²) in [6.45, 7) is 1.84. The van der Waals surface area contributed by atoms with Crippen LogP contribution >= 0.6 is 0 Å². The zero-order chi connectivity index (χ0) is 21.2. The molecule has 0 aliphatic rings. The van der Waals surface area contributed by atoms with Crippen molar-refractivity contribution in [2.24, 2.45) is 0 Å². The number of nitrogens with zero attached hydrogens (tertiary/aromatic N) is 1. The predicted octanol–water partition coefficient (Wildman–Crippen LogP) is 5.84. The van der Waals surface area contributed by atoms with Crippen molar-refractivity contribution in [1.82, 2.24) is 0 Å². The number of halogens is 3. The number of amides is 1. The first-order valence-electron chi connectivity index (χ1n) is 8.49. The number of hydrogen-bond acceptors (Lipinski definition) is 3. The molecule has 1 N–H and O–H groups in total. The Bertz CT molecular complexity index is 1080. The van der Waals surface area contributed by atoms with E-state index < -0.39 is 22.6 Å². The largest absolute Gasteiger partial charge is 0.416 e. The number of carbonyl (C=O) groups is 1. The Hall–Kier alpha value is -3.68. The molecule has 0 aromatic heterocycles. The Labute approximate surface area is 164 Å². The number of nitro benzene ring substituents is 1. The number of non-ortho nitro benzene ring substituents is 1. The van der Waals surface area contributed by atoms with Crippen LogP contribution in [0.1, 0.15) is 21.5 Å². The van der Waals surface area contributed by atoms with Crippen LogP contribution in [0.25, 0.3) is 11.1 Å². The van der Waals surface area contributed by atoms with E-state index >= 15 is 0 Å². The Kier molecular flexibility index (Phi) is 5.36. The third-order valence-electron chi connectivity index (χ3n) is 4.34. The van der Waals surface area contributed by atoms with Crippen molar-refractivity contribution in [3.05, 3.63) is 93.5 Å². The van der Waals surface area contributed by atoms with Crippen LogP contribution in [0.3, 0.4) is 0 Å². The van der Waals surface area contributed by atoms with E-state index in [9.17, 15) is 28.1 Å². The lowest BCUT2D eigenvalue weighted by atomic mass is 9.99. The third kappa shape index (κ3) is 4.60. The van der Waals surface area contributed by atoms with Gasteiger partial charge in [0.05, 0.1) is 10.5 Å². The molecule has 3 aromatic rings. The molecule has 0 fully saturated rings. The van der Waals surface area contributed by atoms with Crippen molar-refractivity contribution in [3.63, 3.8) is 0 Å². The second kappa shape index (κ2) is 7.75. The molecule has 3 aromatic carbocycles. The molecule has 0 aliphatic carbocycles. The average Bonchev–Trinajstić information content (AvgIpc) is 2.69. The first kappa shape index (κ1) is 20.1. The number of anilines is 1. The Morgan fingerprint density at radius 1 is 1.00 bits per heavy atom. The van der Waals surface area contributed by atoms with Crippen molar-refractivity contribution < 1.29 is 22.9 Å². The standard InChI is InChI=1S/C21H15F3N2O3/c1-13-5-8-17(12-19(13)14-6-9-18(10-7-14)26(28)29)25-20(27)15-3-2-4-16(11-15)21(22,23)24/h2-12H,1H3,(H,25,27). The quantitative estimate of drug-likeness (QED) is 0.442. The van der Waals surface area contributed by atoms with Crippen molar-refractivity contribution in [3.8, 4) is 11.1 Å². The lowest BCUT2D eigenvalue weighted by molar-refractivity contribution is -0.384. The molecule has 29 heavy (non-hydrogen) atoms. The van der Waals surface area contributed by atoms with Crippen LogP contribution in [-0.2, 0) is 6.18 Å². The molecule has 8 heteroatoms. The van der Waals surface area contributed by atoms with Crippen LogP contribution < -0.4 is 5.32 Å². The number of benzene rings is 3. The van der Waals surface area contributed by atoms with Gasteiger partial charge < -0.3 is 5.32 Å². The van der Waals surface area contributed by atoms with Gasteiger partial charge in [0.15, 0.2) is 0 Å². The maximum atomic E-state index is 12.8. The summed E-state index contributed by atoms with van der Waals surface area (Å²) in [6, 6.07) is 15.2. The highest BCUT2D eigenvalue weighted by atomic mass is 19.4. The molecule has 0 saturated carbocycles. The molecule has 0 spiro atoms. The van der Waals surface area contributed by atoms with E-state index in [2.05, 4.69) is 5.32 Å². The monoisotopic (exact) mass is 400 g/mol. The highest BCUT2D eigenvalue weighted by Gasteiger charge is 2.30. The smallest absolute Gasteiger partial charge is 0.322 e. The topological polar surface area (TPSA) is 72.2 Å². The second-order valence-corrected chi connectivity index (χ2v) is 6.37. The predicted molar refractivity (Wildman–Crippen MR) is 103 cm³/mol. The first-order valence-corrected chi connectivity index (χ1v) is 8.49. The fraction of sp³-hybridized carbons (Fsp3) is 0.0952. The second-order valence-electron chi connectivity index (χ2n) is 6.37. The molecular weight excluding hydrogens is 385 g/mol. The summed E-state index contributed by atoms with van der Waals surface area (Å²) in [5.41, 5.74) is 1.66.